The van der Waals surface area contributed by atoms with Gasteiger partial charge >= 0.3 is 0 Å². The Balaban J connectivity index is 3.38. The van der Waals surface area contributed by atoms with E-state index < -0.39 is 0 Å². The van der Waals surface area contributed by atoms with Gasteiger partial charge < -0.3 is 16.6 Å². The highest BCUT2D eigenvalue weighted by Gasteiger charge is 1.98. The molecule has 0 heterocycles. The summed E-state index contributed by atoms with van der Waals surface area (Å²) >= 11 is 0. The topological polar surface area (TPSA) is 84.6 Å². The Hall–Kier alpha value is -0.770. The molecule has 0 amide bonds. The fourth-order valence-corrected chi connectivity index (χ4v) is 0.573. The van der Waals surface area contributed by atoms with Crippen LogP contribution in [-0.2, 0) is 0 Å². The minimum atomic E-state index is 0.116. The molecule has 5 N–H and O–H groups in total. The summed E-state index contributed by atoms with van der Waals surface area (Å²) in [5.74, 6) is 0.469. The molecule has 1 atom stereocenters. The van der Waals surface area contributed by atoms with Crippen LogP contribution in [0.5, 0.6) is 0 Å². The van der Waals surface area contributed by atoms with Crippen molar-refractivity contribution in [2.75, 3.05) is 13.2 Å². The van der Waals surface area contributed by atoms with Gasteiger partial charge in [-0.2, -0.15) is 0 Å². The van der Waals surface area contributed by atoms with Crippen molar-refractivity contribution in [1.82, 2.24) is 0 Å². The minimum absolute atomic E-state index is 0.116. The van der Waals surface area contributed by atoms with E-state index in [1.165, 1.54) is 0 Å². The van der Waals surface area contributed by atoms with Crippen molar-refractivity contribution in [3.8, 4) is 0 Å². The number of rotatable bonds is 4. The van der Waals surface area contributed by atoms with Gasteiger partial charge in [-0.05, 0) is 12.3 Å². The molecule has 0 saturated heterocycles. The Bertz CT molecular complexity index is 110. The molecule has 0 aliphatic rings. The first-order valence-electron chi connectivity index (χ1n) is 3.33. The van der Waals surface area contributed by atoms with Gasteiger partial charge in [-0.1, -0.05) is 6.92 Å². The van der Waals surface area contributed by atoms with Crippen molar-refractivity contribution < 1.29 is 5.11 Å². The molecule has 0 aliphatic carbocycles. The first kappa shape index (κ1) is 9.23. The van der Waals surface area contributed by atoms with Crippen LogP contribution < -0.4 is 11.5 Å². The maximum absolute atomic E-state index is 8.49. The van der Waals surface area contributed by atoms with Crippen LogP contribution in [0.3, 0.4) is 0 Å². The van der Waals surface area contributed by atoms with Gasteiger partial charge in [0.15, 0.2) is 5.96 Å². The second-order valence-corrected chi connectivity index (χ2v) is 2.38. The third-order valence-corrected chi connectivity index (χ3v) is 1.21. The van der Waals surface area contributed by atoms with Crippen molar-refractivity contribution in [2.45, 2.75) is 13.3 Å². The highest BCUT2D eigenvalue weighted by Crippen LogP contribution is 1.99. The van der Waals surface area contributed by atoms with Gasteiger partial charge in [0.1, 0.15) is 0 Å². The minimum Gasteiger partial charge on any atom is -0.396 e. The van der Waals surface area contributed by atoms with E-state index in [0.29, 0.717) is 12.5 Å². The van der Waals surface area contributed by atoms with E-state index in [4.69, 9.17) is 16.6 Å². The number of aliphatic hydroxyl groups is 1. The molecule has 0 radical (unpaired) electrons. The quantitative estimate of drug-likeness (QED) is 0.360. The summed E-state index contributed by atoms with van der Waals surface area (Å²) in [4.78, 5) is 3.80. The summed E-state index contributed by atoms with van der Waals surface area (Å²) in [7, 11) is 0. The first-order valence-corrected chi connectivity index (χ1v) is 3.33. The van der Waals surface area contributed by atoms with Gasteiger partial charge in [-0.25, -0.2) is 0 Å². The van der Waals surface area contributed by atoms with Crippen LogP contribution in [0.2, 0.25) is 0 Å². The molecule has 0 fully saturated rings. The number of nitrogens with two attached hydrogens (primary N) is 2. The van der Waals surface area contributed by atoms with E-state index in [0.717, 1.165) is 6.42 Å². The lowest BCUT2D eigenvalue weighted by Crippen LogP contribution is -2.23. The van der Waals surface area contributed by atoms with Crippen molar-refractivity contribution in [1.29, 1.82) is 0 Å². The van der Waals surface area contributed by atoms with Gasteiger partial charge in [0.2, 0.25) is 0 Å². The molecule has 4 heteroatoms. The number of aliphatic hydroxyl groups excluding tert-OH is 1. The average Bonchev–Trinajstić information content (AvgIpc) is 1.85. The predicted molar refractivity (Wildman–Crippen MR) is 41.5 cm³/mol. The number of guanidine groups is 1. The van der Waals surface area contributed by atoms with Crippen LogP contribution >= 0.6 is 0 Å². The monoisotopic (exact) mass is 145 g/mol. The summed E-state index contributed by atoms with van der Waals surface area (Å²) in [6, 6.07) is 0. The largest absolute Gasteiger partial charge is 0.396 e. The maximum Gasteiger partial charge on any atom is 0.185 e. The standard InChI is InChI=1S/C6H15N3O/c1-5(2-3-10)4-9-6(7)8/h5,10H,2-4H2,1H3,(H4,7,8,9). The van der Waals surface area contributed by atoms with E-state index in [-0.39, 0.29) is 12.6 Å². The Morgan fingerprint density at radius 1 is 1.60 bits per heavy atom. The van der Waals surface area contributed by atoms with Crippen molar-refractivity contribution in [3.05, 3.63) is 0 Å². The lowest BCUT2D eigenvalue weighted by atomic mass is 10.1. The smallest absolute Gasteiger partial charge is 0.185 e. The SMILES string of the molecule is CC(CCO)CN=C(N)N. The Labute approximate surface area is 60.9 Å². The molecular formula is C6H15N3O. The highest BCUT2D eigenvalue weighted by molar-refractivity contribution is 5.75. The van der Waals surface area contributed by atoms with E-state index >= 15 is 0 Å². The molecular weight excluding hydrogens is 130 g/mol. The van der Waals surface area contributed by atoms with E-state index in [2.05, 4.69) is 4.99 Å². The Morgan fingerprint density at radius 3 is 2.60 bits per heavy atom. The average molecular weight is 145 g/mol. The molecule has 60 valence electrons. The maximum atomic E-state index is 8.49. The van der Waals surface area contributed by atoms with Crippen LogP contribution in [0.15, 0.2) is 4.99 Å². The molecule has 10 heavy (non-hydrogen) atoms. The molecule has 1 unspecified atom stereocenters. The van der Waals surface area contributed by atoms with Gasteiger partial charge in [-0.15, -0.1) is 0 Å². The summed E-state index contributed by atoms with van der Waals surface area (Å²) in [5.41, 5.74) is 10.2. The number of nitrogens with zero attached hydrogens (tertiary/aromatic N) is 1. The number of hydrogen-bond acceptors (Lipinski definition) is 2. The fourth-order valence-electron chi connectivity index (χ4n) is 0.573. The molecule has 0 aromatic heterocycles. The van der Waals surface area contributed by atoms with Crippen LogP contribution in [0, 0.1) is 5.92 Å². The molecule has 0 aliphatic heterocycles. The summed E-state index contributed by atoms with van der Waals surface area (Å²) in [5, 5.41) is 8.49. The lowest BCUT2D eigenvalue weighted by molar-refractivity contribution is 0.264. The zero-order valence-corrected chi connectivity index (χ0v) is 6.25. The van der Waals surface area contributed by atoms with Crippen LogP contribution in [0.4, 0.5) is 0 Å². The van der Waals surface area contributed by atoms with Gasteiger partial charge in [0, 0.05) is 13.2 Å². The van der Waals surface area contributed by atoms with Gasteiger partial charge in [-0.3, -0.25) is 4.99 Å². The van der Waals surface area contributed by atoms with Crippen LogP contribution in [0.25, 0.3) is 0 Å². The van der Waals surface area contributed by atoms with E-state index in [1.807, 2.05) is 6.92 Å². The lowest BCUT2D eigenvalue weighted by Gasteiger charge is -2.04. The Kier molecular flexibility index (Phi) is 4.66. The highest BCUT2D eigenvalue weighted by atomic mass is 16.3. The van der Waals surface area contributed by atoms with Crippen LogP contribution in [0.1, 0.15) is 13.3 Å². The van der Waals surface area contributed by atoms with Gasteiger partial charge in [0.25, 0.3) is 0 Å². The molecule has 0 bridgehead atoms. The Morgan fingerprint density at radius 2 is 2.20 bits per heavy atom. The fraction of sp³-hybridized carbons (Fsp3) is 0.833. The summed E-state index contributed by atoms with van der Waals surface area (Å²) in [6.07, 6.45) is 0.747. The number of aliphatic imine (C=N–C) groups is 1. The molecule has 0 aromatic rings. The third-order valence-electron chi connectivity index (χ3n) is 1.21. The van der Waals surface area contributed by atoms with E-state index in [1.54, 1.807) is 0 Å². The molecule has 4 nitrogen and oxygen atoms in total. The summed E-state index contributed by atoms with van der Waals surface area (Å²) in [6.45, 7) is 2.78. The zero-order chi connectivity index (χ0) is 7.98. The molecule has 0 saturated carbocycles. The number of hydrogen-bond donors (Lipinski definition) is 3. The summed E-state index contributed by atoms with van der Waals surface area (Å²) < 4.78 is 0. The van der Waals surface area contributed by atoms with Crippen molar-refractivity contribution in [3.63, 3.8) is 0 Å². The van der Waals surface area contributed by atoms with Crippen molar-refractivity contribution in [2.24, 2.45) is 22.4 Å². The van der Waals surface area contributed by atoms with E-state index in [9.17, 15) is 0 Å². The first-order chi connectivity index (χ1) is 4.66. The molecule has 0 aromatic carbocycles. The third kappa shape index (κ3) is 5.37. The molecule has 0 spiro atoms. The predicted octanol–water partition coefficient (Wildman–Crippen LogP) is -0.722. The normalized spacial score (nSPS) is 12.6. The second kappa shape index (κ2) is 5.05. The zero-order valence-electron chi connectivity index (χ0n) is 6.25. The van der Waals surface area contributed by atoms with Crippen LogP contribution in [-0.4, -0.2) is 24.2 Å². The van der Waals surface area contributed by atoms with Crippen molar-refractivity contribution >= 4 is 5.96 Å². The van der Waals surface area contributed by atoms with Gasteiger partial charge in [0.05, 0.1) is 0 Å². The second-order valence-electron chi connectivity index (χ2n) is 2.38. The molecule has 0 rings (SSSR count).